The zero-order valence-corrected chi connectivity index (χ0v) is 9.01. The maximum absolute atomic E-state index is 5.74. The van der Waals surface area contributed by atoms with Crippen molar-refractivity contribution in [2.75, 3.05) is 7.11 Å². The molecule has 14 heavy (non-hydrogen) atoms. The highest BCUT2D eigenvalue weighted by Crippen LogP contribution is 2.38. The van der Waals surface area contributed by atoms with Crippen LogP contribution in [0.15, 0.2) is 10.8 Å². The van der Waals surface area contributed by atoms with Gasteiger partial charge in [0.15, 0.2) is 6.39 Å². The van der Waals surface area contributed by atoms with Crippen LogP contribution in [0.1, 0.15) is 30.7 Å². The fraction of sp³-hybridized carbons (Fsp3) is 0.700. The molecule has 0 unspecified atom stereocenters. The van der Waals surface area contributed by atoms with Crippen LogP contribution in [0.25, 0.3) is 0 Å². The van der Waals surface area contributed by atoms with Gasteiger partial charge in [-0.15, -0.1) is 11.6 Å². The maximum atomic E-state index is 5.74. The molecule has 1 aliphatic carbocycles. The van der Waals surface area contributed by atoms with Crippen LogP contribution in [0, 0.1) is 0 Å². The molecule has 0 atom stereocenters. The highest BCUT2D eigenvalue weighted by Gasteiger charge is 2.38. The third-order valence-corrected chi connectivity index (χ3v) is 3.29. The predicted octanol–water partition coefficient (Wildman–Crippen LogP) is 2.53. The predicted molar refractivity (Wildman–Crippen MR) is 53.4 cm³/mol. The van der Waals surface area contributed by atoms with E-state index >= 15 is 0 Å². The number of halogens is 1. The largest absolute Gasteiger partial charge is 0.448 e. The molecule has 1 aliphatic rings. The molecule has 1 heterocycles. The van der Waals surface area contributed by atoms with Crippen molar-refractivity contribution in [3.63, 3.8) is 0 Å². The molecule has 78 valence electrons. The lowest BCUT2D eigenvalue weighted by Crippen LogP contribution is -2.41. The maximum Gasteiger partial charge on any atom is 0.181 e. The molecule has 4 heteroatoms. The Hall–Kier alpha value is -0.540. The molecule has 3 nitrogen and oxygen atoms in total. The van der Waals surface area contributed by atoms with Crippen LogP contribution >= 0.6 is 11.6 Å². The van der Waals surface area contributed by atoms with E-state index in [0.29, 0.717) is 5.88 Å². The van der Waals surface area contributed by atoms with Gasteiger partial charge in [0.2, 0.25) is 0 Å². The van der Waals surface area contributed by atoms with Crippen LogP contribution in [0.2, 0.25) is 0 Å². The zero-order chi connectivity index (χ0) is 10.0. The smallest absolute Gasteiger partial charge is 0.181 e. The minimum absolute atomic E-state index is 0.0135. The Bertz CT molecular complexity index is 301. The number of rotatable bonds is 4. The van der Waals surface area contributed by atoms with E-state index in [2.05, 4.69) is 4.98 Å². The normalized spacial score (nSPS) is 19.3. The topological polar surface area (TPSA) is 35.3 Å². The second-order valence-corrected chi connectivity index (χ2v) is 4.04. The van der Waals surface area contributed by atoms with E-state index in [1.54, 1.807) is 7.11 Å². The molecule has 1 aromatic heterocycles. The van der Waals surface area contributed by atoms with E-state index in [4.69, 9.17) is 20.8 Å². The number of alkyl halides is 1. The standard InChI is InChI=1S/C10H14ClNO2/c1-13-10(3-2-4-10)5-9-8(6-11)12-7-14-9/h7H,2-6H2,1H3. The van der Waals surface area contributed by atoms with Crippen LogP contribution in [-0.4, -0.2) is 17.7 Å². The van der Waals surface area contributed by atoms with Crippen molar-refractivity contribution in [2.24, 2.45) is 0 Å². The number of nitrogens with zero attached hydrogens (tertiary/aromatic N) is 1. The van der Waals surface area contributed by atoms with Crippen molar-refractivity contribution in [3.05, 3.63) is 17.8 Å². The van der Waals surface area contributed by atoms with Crippen molar-refractivity contribution in [2.45, 2.75) is 37.2 Å². The zero-order valence-electron chi connectivity index (χ0n) is 8.25. The average molecular weight is 216 g/mol. The Labute approximate surface area is 88.4 Å². The van der Waals surface area contributed by atoms with Gasteiger partial charge < -0.3 is 9.15 Å². The summed E-state index contributed by atoms with van der Waals surface area (Å²) in [5.74, 6) is 1.28. The van der Waals surface area contributed by atoms with E-state index in [0.717, 1.165) is 30.7 Å². The molecule has 0 radical (unpaired) electrons. The summed E-state index contributed by atoms with van der Waals surface area (Å²) in [6.07, 6.45) is 5.69. The summed E-state index contributed by atoms with van der Waals surface area (Å²) in [5, 5.41) is 0. The van der Waals surface area contributed by atoms with Crippen molar-refractivity contribution < 1.29 is 9.15 Å². The second-order valence-electron chi connectivity index (χ2n) is 3.77. The summed E-state index contributed by atoms with van der Waals surface area (Å²) in [6, 6.07) is 0. The molecule has 1 aromatic rings. The molecule has 0 aromatic carbocycles. The SMILES string of the molecule is COC1(Cc2ocnc2CCl)CCC1. The van der Waals surface area contributed by atoms with Crippen LogP contribution < -0.4 is 0 Å². The molecule has 1 saturated carbocycles. The fourth-order valence-electron chi connectivity index (χ4n) is 1.86. The van der Waals surface area contributed by atoms with Gasteiger partial charge in [0.25, 0.3) is 0 Å². The number of hydrogen-bond donors (Lipinski definition) is 0. The van der Waals surface area contributed by atoms with E-state index in [1.165, 1.54) is 12.8 Å². The lowest BCUT2D eigenvalue weighted by atomic mass is 9.77. The highest BCUT2D eigenvalue weighted by atomic mass is 35.5. The third kappa shape index (κ3) is 1.66. The average Bonchev–Trinajstić information content (AvgIpc) is 2.58. The van der Waals surface area contributed by atoms with E-state index in [9.17, 15) is 0 Å². The van der Waals surface area contributed by atoms with Crippen molar-refractivity contribution >= 4 is 11.6 Å². The Morgan fingerprint density at radius 3 is 2.93 bits per heavy atom. The second kappa shape index (κ2) is 3.91. The van der Waals surface area contributed by atoms with Crippen LogP contribution in [0.3, 0.4) is 0 Å². The van der Waals surface area contributed by atoms with Gasteiger partial charge >= 0.3 is 0 Å². The van der Waals surface area contributed by atoms with Gasteiger partial charge in [0.1, 0.15) is 5.76 Å². The molecule has 0 amide bonds. The number of aromatic nitrogens is 1. The number of ether oxygens (including phenoxy) is 1. The molecule has 1 fully saturated rings. The number of methoxy groups -OCH3 is 1. The molecular weight excluding hydrogens is 202 g/mol. The lowest BCUT2D eigenvalue weighted by Gasteiger charge is -2.40. The summed E-state index contributed by atoms with van der Waals surface area (Å²) in [4.78, 5) is 4.06. The molecule has 0 N–H and O–H groups in total. The van der Waals surface area contributed by atoms with Crippen molar-refractivity contribution in [1.29, 1.82) is 0 Å². The third-order valence-electron chi connectivity index (χ3n) is 3.03. The van der Waals surface area contributed by atoms with Gasteiger partial charge in [-0.2, -0.15) is 0 Å². The van der Waals surface area contributed by atoms with Gasteiger partial charge in [-0.05, 0) is 19.3 Å². The van der Waals surface area contributed by atoms with Crippen molar-refractivity contribution in [1.82, 2.24) is 4.98 Å². The summed E-state index contributed by atoms with van der Waals surface area (Å²) < 4.78 is 10.8. The van der Waals surface area contributed by atoms with Crippen LogP contribution in [-0.2, 0) is 17.0 Å². The summed E-state index contributed by atoms with van der Waals surface area (Å²) >= 11 is 5.74. The first-order valence-corrected chi connectivity index (χ1v) is 5.35. The Balaban J connectivity index is 2.09. The summed E-state index contributed by atoms with van der Waals surface area (Å²) in [5.41, 5.74) is 0.829. The molecule has 0 saturated heterocycles. The van der Waals surface area contributed by atoms with Crippen molar-refractivity contribution in [3.8, 4) is 0 Å². The minimum Gasteiger partial charge on any atom is -0.448 e. The first-order valence-electron chi connectivity index (χ1n) is 4.82. The highest BCUT2D eigenvalue weighted by molar-refractivity contribution is 6.16. The molecule has 0 aliphatic heterocycles. The Morgan fingerprint density at radius 2 is 2.43 bits per heavy atom. The molecule has 2 rings (SSSR count). The lowest BCUT2D eigenvalue weighted by molar-refractivity contribution is -0.0738. The summed E-state index contributed by atoms with van der Waals surface area (Å²) in [6.45, 7) is 0. The van der Waals surface area contributed by atoms with Gasteiger partial charge in [0.05, 0.1) is 17.2 Å². The van der Waals surface area contributed by atoms with E-state index in [1.807, 2.05) is 0 Å². The first-order chi connectivity index (χ1) is 6.79. The molecule has 0 bridgehead atoms. The molecule has 0 spiro atoms. The molecular formula is C10H14ClNO2. The van der Waals surface area contributed by atoms with Gasteiger partial charge in [-0.1, -0.05) is 0 Å². The van der Waals surface area contributed by atoms with Gasteiger partial charge in [-0.3, -0.25) is 0 Å². The van der Waals surface area contributed by atoms with Gasteiger partial charge in [0, 0.05) is 13.5 Å². The van der Waals surface area contributed by atoms with Gasteiger partial charge in [-0.25, -0.2) is 4.98 Å². The first kappa shape index (κ1) is 9.99. The quantitative estimate of drug-likeness (QED) is 0.724. The Kier molecular flexibility index (Phi) is 2.79. The number of hydrogen-bond acceptors (Lipinski definition) is 3. The van der Waals surface area contributed by atoms with Crippen LogP contribution in [0.5, 0.6) is 0 Å². The monoisotopic (exact) mass is 215 g/mol. The number of oxazole rings is 1. The Morgan fingerprint density at radius 1 is 1.64 bits per heavy atom. The van der Waals surface area contributed by atoms with E-state index in [-0.39, 0.29) is 5.60 Å². The minimum atomic E-state index is -0.0135. The summed E-state index contributed by atoms with van der Waals surface area (Å²) in [7, 11) is 1.76. The fourth-order valence-corrected chi connectivity index (χ4v) is 2.08. The van der Waals surface area contributed by atoms with E-state index < -0.39 is 0 Å². The van der Waals surface area contributed by atoms with Crippen LogP contribution in [0.4, 0.5) is 0 Å².